The summed E-state index contributed by atoms with van der Waals surface area (Å²) in [6.45, 7) is 0. The van der Waals surface area contributed by atoms with Crippen molar-refractivity contribution in [3.05, 3.63) is 59.4 Å². The maximum absolute atomic E-state index is 12.7. The van der Waals surface area contributed by atoms with Crippen molar-refractivity contribution in [3.8, 4) is 0 Å². The van der Waals surface area contributed by atoms with Gasteiger partial charge in [0.15, 0.2) is 0 Å². The van der Waals surface area contributed by atoms with Crippen molar-refractivity contribution in [2.45, 2.75) is 12.4 Å². The highest BCUT2D eigenvalue weighted by atomic mass is 19.4. The van der Waals surface area contributed by atoms with Crippen LogP contribution in [0.2, 0.25) is 0 Å². The Morgan fingerprint density at radius 2 is 1.16 bits per heavy atom. The van der Waals surface area contributed by atoms with Crippen LogP contribution in [0.1, 0.15) is 11.1 Å². The summed E-state index contributed by atoms with van der Waals surface area (Å²) in [5, 5.41) is 4.04. The molecule has 0 atom stereocenters. The summed E-state index contributed by atoms with van der Waals surface area (Å²) in [6, 6.07) is 3.98. The first kappa shape index (κ1) is 18.6. The number of rotatable bonds is 2. The molecule has 2 rings (SSSR count). The van der Waals surface area contributed by atoms with Gasteiger partial charge in [-0.3, -0.25) is 0 Å². The molecule has 0 fully saturated rings. The second kappa shape index (κ2) is 6.61. The first-order valence-electron chi connectivity index (χ1n) is 6.58. The lowest BCUT2D eigenvalue weighted by molar-refractivity contribution is -0.143. The molecular weight excluding hydrogens is 357 g/mol. The molecule has 0 unspecified atom stereocenters. The lowest BCUT2D eigenvalue weighted by Gasteiger charge is -2.15. The molecule has 2 aromatic carbocycles. The summed E-state index contributed by atoms with van der Waals surface area (Å²) in [7, 11) is 0. The highest BCUT2D eigenvalue weighted by molar-refractivity contribution is 5.99. The molecule has 0 bridgehead atoms. The molecule has 0 radical (unpaired) electrons. The molecule has 0 aromatic heterocycles. The van der Waals surface area contributed by atoms with Crippen LogP contribution in [-0.4, -0.2) is 6.03 Å². The third-order valence-electron chi connectivity index (χ3n) is 2.95. The second-order valence-electron chi connectivity index (χ2n) is 4.88. The zero-order chi connectivity index (χ0) is 18.8. The van der Waals surface area contributed by atoms with Gasteiger partial charge in [0.1, 0.15) is 5.82 Å². The van der Waals surface area contributed by atoms with Crippen LogP contribution in [0.3, 0.4) is 0 Å². The number of nitrogens with one attached hydrogen (secondary N) is 2. The molecule has 0 heterocycles. The number of urea groups is 1. The normalized spacial score (nSPS) is 12.0. The quantitative estimate of drug-likeness (QED) is 0.677. The van der Waals surface area contributed by atoms with Crippen molar-refractivity contribution >= 4 is 17.4 Å². The van der Waals surface area contributed by atoms with Crippen molar-refractivity contribution in [2.75, 3.05) is 10.6 Å². The molecule has 10 heteroatoms. The van der Waals surface area contributed by atoms with Crippen molar-refractivity contribution in [3.63, 3.8) is 0 Å². The van der Waals surface area contributed by atoms with Gasteiger partial charge < -0.3 is 10.6 Å². The Kier molecular flexibility index (Phi) is 4.91. The predicted octanol–water partition coefficient (Wildman–Crippen LogP) is 5.51. The standard InChI is InChI=1S/C15H9F7N2O/c16-10-1-3-11(4-2-10)23-13(25)24-12-6-8(14(17,18)19)5-9(7-12)15(20,21)22/h1-7H,(H2,23,24,25). The number of carbonyl (C=O) groups is 1. The molecular formula is C15H9F7N2O. The van der Waals surface area contributed by atoms with E-state index in [0.717, 1.165) is 12.1 Å². The Morgan fingerprint density at radius 1 is 0.720 bits per heavy atom. The van der Waals surface area contributed by atoms with Gasteiger partial charge in [-0.15, -0.1) is 0 Å². The minimum Gasteiger partial charge on any atom is -0.308 e. The van der Waals surface area contributed by atoms with E-state index >= 15 is 0 Å². The molecule has 0 saturated heterocycles. The Hall–Kier alpha value is -2.78. The van der Waals surface area contributed by atoms with Crippen LogP contribution in [0.15, 0.2) is 42.5 Å². The van der Waals surface area contributed by atoms with Crippen LogP contribution in [-0.2, 0) is 12.4 Å². The first-order valence-corrected chi connectivity index (χ1v) is 6.58. The Balaban J connectivity index is 2.25. The number of halogens is 7. The molecule has 2 amide bonds. The van der Waals surface area contributed by atoms with Crippen LogP contribution >= 0.6 is 0 Å². The third kappa shape index (κ3) is 5.10. The van der Waals surface area contributed by atoms with E-state index in [-0.39, 0.29) is 11.8 Å². The monoisotopic (exact) mass is 366 g/mol. The molecule has 0 saturated carbocycles. The summed E-state index contributed by atoms with van der Waals surface area (Å²) >= 11 is 0. The van der Waals surface area contributed by atoms with Crippen LogP contribution in [0.25, 0.3) is 0 Å². The smallest absolute Gasteiger partial charge is 0.308 e. The van der Waals surface area contributed by atoms with E-state index in [2.05, 4.69) is 5.32 Å². The zero-order valence-corrected chi connectivity index (χ0v) is 12.1. The molecule has 0 aliphatic heterocycles. The van der Waals surface area contributed by atoms with Gasteiger partial charge in [0.2, 0.25) is 0 Å². The van der Waals surface area contributed by atoms with Gasteiger partial charge in [-0.25, -0.2) is 9.18 Å². The summed E-state index contributed by atoms with van der Waals surface area (Å²) in [5.41, 5.74) is -3.71. The molecule has 134 valence electrons. The number of anilines is 2. The highest BCUT2D eigenvalue weighted by Crippen LogP contribution is 2.37. The first-order chi connectivity index (χ1) is 11.4. The predicted molar refractivity (Wildman–Crippen MR) is 75.5 cm³/mol. The van der Waals surface area contributed by atoms with E-state index in [1.54, 1.807) is 0 Å². The van der Waals surface area contributed by atoms with Gasteiger partial charge in [-0.05, 0) is 42.5 Å². The number of carbonyl (C=O) groups excluding carboxylic acids is 1. The van der Waals surface area contributed by atoms with Gasteiger partial charge in [-0.2, -0.15) is 26.3 Å². The van der Waals surface area contributed by atoms with E-state index in [9.17, 15) is 35.5 Å². The molecule has 0 aliphatic carbocycles. The van der Waals surface area contributed by atoms with Crippen molar-refractivity contribution < 1.29 is 35.5 Å². The largest absolute Gasteiger partial charge is 0.416 e. The summed E-state index contributed by atoms with van der Waals surface area (Å²) in [5.74, 6) is -0.585. The second-order valence-corrected chi connectivity index (χ2v) is 4.88. The van der Waals surface area contributed by atoms with Gasteiger partial charge in [0.25, 0.3) is 0 Å². The number of hydrogen-bond acceptors (Lipinski definition) is 1. The molecule has 2 N–H and O–H groups in total. The zero-order valence-electron chi connectivity index (χ0n) is 12.1. The van der Waals surface area contributed by atoms with E-state index in [1.807, 2.05) is 5.32 Å². The maximum Gasteiger partial charge on any atom is 0.416 e. The topological polar surface area (TPSA) is 41.1 Å². The fraction of sp³-hybridized carbons (Fsp3) is 0.133. The SMILES string of the molecule is O=C(Nc1ccc(F)cc1)Nc1cc(C(F)(F)F)cc(C(F)(F)F)c1. The lowest BCUT2D eigenvalue weighted by atomic mass is 10.1. The van der Waals surface area contributed by atoms with Crippen LogP contribution in [0, 0.1) is 5.82 Å². The van der Waals surface area contributed by atoms with E-state index in [0.29, 0.717) is 12.1 Å². The minimum atomic E-state index is -5.02. The minimum absolute atomic E-state index is 0.0525. The van der Waals surface area contributed by atoms with Crippen LogP contribution < -0.4 is 10.6 Å². The van der Waals surface area contributed by atoms with E-state index < -0.39 is 41.0 Å². The average Bonchev–Trinajstić information content (AvgIpc) is 2.47. The molecule has 0 spiro atoms. The summed E-state index contributed by atoms with van der Waals surface area (Å²) in [4.78, 5) is 11.7. The van der Waals surface area contributed by atoms with Crippen LogP contribution in [0.4, 0.5) is 46.9 Å². The molecule has 0 aliphatic rings. The molecule has 2 aromatic rings. The third-order valence-corrected chi connectivity index (χ3v) is 2.95. The van der Waals surface area contributed by atoms with Crippen LogP contribution in [0.5, 0.6) is 0 Å². The summed E-state index contributed by atoms with van der Waals surface area (Å²) < 4.78 is 89.1. The van der Waals surface area contributed by atoms with Crippen molar-refractivity contribution in [2.24, 2.45) is 0 Å². The van der Waals surface area contributed by atoms with E-state index in [1.165, 1.54) is 12.1 Å². The fourth-order valence-corrected chi connectivity index (χ4v) is 1.85. The average molecular weight is 366 g/mol. The summed E-state index contributed by atoms with van der Waals surface area (Å²) in [6.07, 6.45) is -10.0. The van der Waals surface area contributed by atoms with Gasteiger partial charge in [0.05, 0.1) is 11.1 Å². The van der Waals surface area contributed by atoms with Gasteiger partial charge in [0, 0.05) is 11.4 Å². The lowest BCUT2D eigenvalue weighted by Crippen LogP contribution is -2.20. The number of hydrogen-bond donors (Lipinski definition) is 2. The Labute approximate surface area is 136 Å². The van der Waals surface area contributed by atoms with Gasteiger partial charge in [-0.1, -0.05) is 0 Å². The van der Waals surface area contributed by atoms with Crippen molar-refractivity contribution in [1.82, 2.24) is 0 Å². The maximum atomic E-state index is 12.7. The number of alkyl halides is 6. The fourth-order valence-electron chi connectivity index (χ4n) is 1.85. The number of benzene rings is 2. The van der Waals surface area contributed by atoms with Gasteiger partial charge >= 0.3 is 18.4 Å². The Bertz CT molecular complexity index is 735. The Morgan fingerprint density at radius 3 is 1.60 bits per heavy atom. The highest BCUT2D eigenvalue weighted by Gasteiger charge is 2.37. The number of amides is 2. The van der Waals surface area contributed by atoms with Crippen molar-refractivity contribution in [1.29, 1.82) is 0 Å². The molecule has 25 heavy (non-hydrogen) atoms. The van der Waals surface area contributed by atoms with E-state index in [4.69, 9.17) is 0 Å². The molecule has 3 nitrogen and oxygen atoms in total.